The first-order chi connectivity index (χ1) is 10.6. The minimum Gasteiger partial charge on any atom is -0.493 e. The molecular formula is C17H19N3O2. The lowest BCUT2D eigenvalue weighted by Crippen LogP contribution is -2.17. The van der Waals surface area contributed by atoms with Gasteiger partial charge in [0.2, 0.25) is 0 Å². The van der Waals surface area contributed by atoms with Crippen molar-refractivity contribution in [3.8, 4) is 5.75 Å². The fraction of sp³-hybridized carbons (Fsp3) is 0.235. The van der Waals surface area contributed by atoms with Gasteiger partial charge in [-0.1, -0.05) is 19.9 Å². The number of carbonyl (C=O) groups excluding carboxylic acids is 1. The van der Waals surface area contributed by atoms with Crippen molar-refractivity contribution in [2.45, 2.75) is 13.8 Å². The summed E-state index contributed by atoms with van der Waals surface area (Å²) in [6, 6.07) is 10.6. The molecule has 0 aliphatic heterocycles. The summed E-state index contributed by atoms with van der Waals surface area (Å²) in [5, 5.41) is 3.90. The van der Waals surface area contributed by atoms with Gasteiger partial charge in [-0.05, 0) is 36.2 Å². The van der Waals surface area contributed by atoms with Gasteiger partial charge >= 0.3 is 0 Å². The molecule has 1 heterocycles. The molecule has 1 N–H and O–H groups in total. The third-order valence-corrected chi connectivity index (χ3v) is 2.76. The maximum absolute atomic E-state index is 11.9. The van der Waals surface area contributed by atoms with Crippen LogP contribution in [0, 0.1) is 5.92 Å². The zero-order chi connectivity index (χ0) is 15.8. The maximum atomic E-state index is 11.9. The molecule has 0 bridgehead atoms. The molecule has 0 atom stereocenters. The molecule has 1 amide bonds. The van der Waals surface area contributed by atoms with Crippen molar-refractivity contribution >= 4 is 12.1 Å². The summed E-state index contributed by atoms with van der Waals surface area (Å²) in [5.41, 5.74) is 3.83. The third kappa shape index (κ3) is 5.01. The number of nitrogens with one attached hydrogen (secondary N) is 1. The summed E-state index contributed by atoms with van der Waals surface area (Å²) in [7, 11) is 0. The Bertz CT molecular complexity index is 622. The van der Waals surface area contributed by atoms with Crippen LogP contribution in [0.5, 0.6) is 5.75 Å². The van der Waals surface area contributed by atoms with E-state index in [0.717, 1.165) is 11.3 Å². The molecule has 22 heavy (non-hydrogen) atoms. The van der Waals surface area contributed by atoms with Crippen molar-refractivity contribution in [2.75, 3.05) is 6.61 Å². The quantitative estimate of drug-likeness (QED) is 0.658. The second kappa shape index (κ2) is 7.93. The van der Waals surface area contributed by atoms with E-state index < -0.39 is 0 Å². The Labute approximate surface area is 130 Å². The van der Waals surface area contributed by atoms with Crippen molar-refractivity contribution in [2.24, 2.45) is 11.0 Å². The van der Waals surface area contributed by atoms with Crippen LogP contribution in [0.4, 0.5) is 0 Å². The van der Waals surface area contributed by atoms with E-state index in [9.17, 15) is 4.79 Å². The van der Waals surface area contributed by atoms with Crippen LogP contribution < -0.4 is 10.2 Å². The summed E-state index contributed by atoms with van der Waals surface area (Å²) >= 11 is 0. The van der Waals surface area contributed by atoms with Gasteiger partial charge in [-0.2, -0.15) is 5.10 Å². The number of aromatic nitrogens is 1. The van der Waals surface area contributed by atoms with Gasteiger partial charge in [-0.15, -0.1) is 0 Å². The second-order valence-corrected chi connectivity index (χ2v) is 5.21. The van der Waals surface area contributed by atoms with Gasteiger partial charge in [0.05, 0.1) is 12.8 Å². The number of hydrazone groups is 1. The number of amides is 1. The Kier molecular flexibility index (Phi) is 5.65. The number of benzene rings is 1. The first-order valence-electron chi connectivity index (χ1n) is 7.11. The first-order valence-corrected chi connectivity index (χ1v) is 7.11. The highest BCUT2D eigenvalue weighted by molar-refractivity contribution is 5.94. The lowest BCUT2D eigenvalue weighted by atomic mass is 10.2. The van der Waals surface area contributed by atoms with Crippen LogP contribution in [-0.2, 0) is 0 Å². The summed E-state index contributed by atoms with van der Waals surface area (Å²) < 4.78 is 5.57. The summed E-state index contributed by atoms with van der Waals surface area (Å²) in [6.45, 7) is 4.82. The van der Waals surface area contributed by atoms with E-state index in [0.29, 0.717) is 18.1 Å². The molecule has 1 aromatic carbocycles. The zero-order valence-electron chi connectivity index (χ0n) is 12.7. The molecule has 0 aliphatic rings. The van der Waals surface area contributed by atoms with Crippen LogP contribution in [0.25, 0.3) is 0 Å². The highest BCUT2D eigenvalue weighted by Gasteiger charge is 2.04. The zero-order valence-corrected chi connectivity index (χ0v) is 12.7. The number of hydrogen-bond donors (Lipinski definition) is 1. The Hall–Kier alpha value is -2.69. The van der Waals surface area contributed by atoms with E-state index in [2.05, 4.69) is 29.4 Å². The van der Waals surface area contributed by atoms with Gasteiger partial charge in [0, 0.05) is 23.5 Å². The Balaban J connectivity index is 1.88. The highest BCUT2D eigenvalue weighted by atomic mass is 16.5. The molecule has 0 fully saturated rings. The average molecular weight is 297 g/mol. The molecule has 0 saturated carbocycles. The van der Waals surface area contributed by atoms with Crippen molar-refractivity contribution < 1.29 is 9.53 Å². The Morgan fingerprint density at radius 3 is 2.73 bits per heavy atom. The standard InChI is InChI=1S/C17H19N3O2/c1-13(2)12-22-16-7-5-15(6-8-16)17(21)20-19-11-14-4-3-9-18-10-14/h3-11,13H,12H2,1-2H3,(H,20,21)/b19-11+. The highest BCUT2D eigenvalue weighted by Crippen LogP contribution is 2.13. The van der Waals surface area contributed by atoms with E-state index in [1.807, 2.05) is 6.07 Å². The maximum Gasteiger partial charge on any atom is 0.271 e. The molecule has 5 heteroatoms. The van der Waals surface area contributed by atoms with Crippen LogP contribution >= 0.6 is 0 Å². The molecule has 0 aliphatic carbocycles. The molecule has 2 rings (SSSR count). The molecule has 1 aromatic heterocycles. The van der Waals surface area contributed by atoms with Crippen molar-refractivity contribution in [3.63, 3.8) is 0 Å². The minimum absolute atomic E-state index is 0.268. The number of hydrogen-bond acceptors (Lipinski definition) is 4. The van der Waals surface area contributed by atoms with Gasteiger partial charge in [-0.25, -0.2) is 5.43 Å². The Morgan fingerprint density at radius 2 is 2.09 bits per heavy atom. The van der Waals surface area contributed by atoms with Crippen molar-refractivity contribution in [1.82, 2.24) is 10.4 Å². The molecule has 0 radical (unpaired) electrons. The molecule has 114 valence electrons. The number of nitrogens with zero attached hydrogens (tertiary/aromatic N) is 2. The van der Waals surface area contributed by atoms with E-state index in [-0.39, 0.29) is 5.91 Å². The van der Waals surface area contributed by atoms with Crippen LogP contribution in [0.2, 0.25) is 0 Å². The normalized spacial score (nSPS) is 10.9. The topological polar surface area (TPSA) is 63.6 Å². The predicted octanol–water partition coefficient (Wildman–Crippen LogP) is 2.88. The lowest BCUT2D eigenvalue weighted by molar-refractivity contribution is 0.0955. The van der Waals surface area contributed by atoms with Gasteiger partial charge in [0.25, 0.3) is 5.91 Å². The fourth-order valence-electron chi connectivity index (χ4n) is 1.65. The SMILES string of the molecule is CC(C)COc1ccc(C(=O)N/N=C/c2cccnc2)cc1. The average Bonchev–Trinajstić information content (AvgIpc) is 2.54. The van der Waals surface area contributed by atoms with E-state index in [4.69, 9.17) is 4.74 Å². The van der Waals surface area contributed by atoms with E-state index in [1.165, 1.54) is 0 Å². The molecule has 0 spiro atoms. The molecule has 0 saturated heterocycles. The van der Waals surface area contributed by atoms with Crippen LogP contribution in [0.1, 0.15) is 29.8 Å². The van der Waals surface area contributed by atoms with Crippen LogP contribution in [0.3, 0.4) is 0 Å². The molecular weight excluding hydrogens is 278 g/mol. The number of pyridine rings is 1. The predicted molar refractivity (Wildman–Crippen MR) is 86.1 cm³/mol. The van der Waals surface area contributed by atoms with Gasteiger partial charge in [0.15, 0.2) is 0 Å². The summed E-state index contributed by atoms with van der Waals surface area (Å²) in [4.78, 5) is 15.9. The van der Waals surface area contributed by atoms with E-state index in [1.54, 1.807) is 48.9 Å². The third-order valence-electron chi connectivity index (χ3n) is 2.76. The van der Waals surface area contributed by atoms with Gasteiger partial charge < -0.3 is 4.74 Å². The van der Waals surface area contributed by atoms with Crippen molar-refractivity contribution in [1.29, 1.82) is 0 Å². The summed E-state index contributed by atoms with van der Waals surface area (Å²) in [6.07, 6.45) is 4.89. The summed E-state index contributed by atoms with van der Waals surface area (Å²) in [5.74, 6) is 0.949. The number of ether oxygens (including phenoxy) is 1. The minimum atomic E-state index is -0.268. The fourth-order valence-corrected chi connectivity index (χ4v) is 1.65. The second-order valence-electron chi connectivity index (χ2n) is 5.21. The molecule has 0 unspecified atom stereocenters. The van der Waals surface area contributed by atoms with Crippen LogP contribution in [-0.4, -0.2) is 23.7 Å². The van der Waals surface area contributed by atoms with Crippen LogP contribution in [0.15, 0.2) is 53.9 Å². The number of carbonyl (C=O) groups is 1. The van der Waals surface area contributed by atoms with Gasteiger partial charge in [0.1, 0.15) is 5.75 Å². The molecule has 5 nitrogen and oxygen atoms in total. The van der Waals surface area contributed by atoms with Crippen molar-refractivity contribution in [3.05, 3.63) is 59.9 Å². The number of rotatable bonds is 6. The first kappa shape index (κ1) is 15.7. The Morgan fingerprint density at radius 1 is 1.32 bits per heavy atom. The smallest absolute Gasteiger partial charge is 0.271 e. The largest absolute Gasteiger partial charge is 0.493 e. The molecule has 2 aromatic rings. The lowest BCUT2D eigenvalue weighted by Gasteiger charge is -2.08. The van der Waals surface area contributed by atoms with Gasteiger partial charge in [-0.3, -0.25) is 9.78 Å². The monoisotopic (exact) mass is 297 g/mol. The van der Waals surface area contributed by atoms with E-state index >= 15 is 0 Å².